The van der Waals surface area contributed by atoms with Gasteiger partial charge in [-0.15, -0.1) is 0 Å². The minimum atomic E-state index is -0.437. The second-order valence-electron chi connectivity index (χ2n) is 4.40. The van der Waals surface area contributed by atoms with Crippen molar-refractivity contribution in [1.29, 1.82) is 5.26 Å². The molecular formula is C16H21N3O4. The maximum atomic E-state index is 11.7. The van der Waals surface area contributed by atoms with Crippen molar-refractivity contribution in [3.05, 3.63) is 36.0 Å². The first kappa shape index (κ1) is 18.3. The molecule has 0 unspecified atom stereocenters. The van der Waals surface area contributed by atoms with Gasteiger partial charge in [0.1, 0.15) is 29.7 Å². The molecule has 1 aromatic carbocycles. The smallest absolute Gasteiger partial charge is 0.263 e. The van der Waals surface area contributed by atoms with Crippen molar-refractivity contribution in [2.75, 3.05) is 40.5 Å². The molecule has 0 atom stereocenters. The lowest BCUT2D eigenvalue weighted by Gasteiger charge is -2.07. The number of methoxy groups -OCH3 is 2. The summed E-state index contributed by atoms with van der Waals surface area (Å²) in [7, 11) is 3.14. The number of nitriles is 1. The van der Waals surface area contributed by atoms with Gasteiger partial charge in [0.2, 0.25) is 0 Å². The Balaban J connectivity index is 2.30. The number of carbonyl (C=O) groups excluding carboxylic acids is 1. The first-order valence-corrected chi connectivity index (χ1v) is 7.09. The van der Waals surface area contributed by atoms with Crippen molar-refractivity contribution in [2.24, 2.45) is 0 Å². The molecule has 0 aliphatic heterocycles. The van der Waals surface area contributed by atoms with Gasteiger partial charge in [-0.2, -0.15) is 5.26 Å². The summed E-state index contributed by atoms with van der Waals surface area (Å²) in [6.07, 6.45) is 1.37. The van der Waals surface area contributed by atoms with Crippen LogP contribution >= 0.6 is 0 Å². The largest absolute Gasteiger partial charge is 0.497 e. The standard InChI is InChI=1S/C16H21N3O4/c1-21-9-8-19-16(20)13(11-17)12-18-7-10-23-15-5-3-14(22-2)4-6-15/h3-6,12,18H,7-10H2,1-2H3,(H,19,20)/b13-12-. The molecule has 0 heterocycles. The molecule has 2 N–H and O–H groups in total. The molecule has 0 saturated heterocycles. The average molecular weight is 319 g/mol. The molecule has 0 fully saturated rings. The van der Waals surface area contributed by atoms with E-state index in [1.54, 1.807) is 31.4 Å². The highest BCUT2D eigenvalue weighted by atomic mass is 16.5. The fourth-order valence-electron chi connectivity index (χ4n) is 1.58. The molecule has 1 rings (SSSR count). The second kappa shape index (κ2) is 10.9. The zero-order chi connectivity index (χ0) is 16.9. The lowest BCUT2D eigenvalue weighted by molar-refractivity contribution is -0.117. The third kappa shape index (κ3) is 7.20. The molecule has 0 aliphatic carbocycles. The summed E-state index contributed by atoms with van der Waals surface area (Å²) in [6, 6.07) is 9.06. The zero-order valence-corrected chi connectivity index (χ0v) is 13.3. The lowest BCUT2D eigenvalue weighted by atomic mass is 10.3. The van der Waals surface area contributed by atoms with Crippen LogP contribution in [0.2, 0.25) is 0 Å². The van der Waals surface area contributed by atoms with Crippen molar-refractivity contribution in [1.82, 2.24) is 10.6 Å². The normalized spacial score (nSPS) is 10.6. The molecule has 0 aliphatic rings. The Morgan fingerprint density at radius 1 is 1.17 bits per heavy atom. The van der Waals surface area contributed by atoms with E-state index >= 15 is 0 Å². The average Bonchev–Trinajstić information content (AvgIpc) is 2.58. The summed E-state index contributed by atoms with van der Waals surface area (Å²) in [5, 5.41) is 14.4. The molecule has 0 saturated carbocycles. The van der Waals surface area contributed by atoms with Gasteiger partial charge in [0.15, 0.2) is 0 Å². The zero-order valence-electron chi connectivity index (χ0n) is 13.3. The van der Waals surface area contributed by atoms with Crippen LogP contribution in [0.25, 0.3) is 0 Å². The number of rotatable bonds is 10. The quantitative estimate of drug-likeness (QED) is 0.377. The number of nitrogens with one attached hydrogen (secondary N) is 2. The van der Waals surface area contributed by atoms with E-state index in [0.717, 1.165) is 11.5 Å². The van der Waals surface area contributed by atoms with Gasteiger partial charge in [-0.1, -0.05) is 0 Å². The van der Waals surface area contributed by atoms with Gasteiger partial charge in [0.25, 0.3) is 5.91 Å². The predicted molar refractivity (Wildman–Crippen MR) is 85.1 cm³/mol. The van der Waals surface area contributed by atoms with Gasteiger partial charge in [-0.3, -0.25) is 4.79 Å². The van der Waals surface area contributed by atoms with Crippen LogP contribution in [0.4, 0.5) is 0 Å². The minimum Gasteiger partial charge on any atom is -0.497 e. The predicted octanol–water partition coefficient (Wildman–Crippen LogP) is 0.834. The van der Waals surface area contributed by atoms with Crippen LogP contribution in [-0.2, 0) is 9.53 Å². The van der Waals surface area contributed by atoms with Crippen LogP contribution in [0.15, 0.2) is 36.0 Å². The number of carbonyl (C=O) groups is 1. The van der Waals surface area contributed by atoms with E-state index in [1.165, 1.54) is 13.3 Å². The number of hydrogen-bond donors (Lipinski definition) is 2. The van der Waals surface area contributed by atoms with E-state index < -0.39 is 5.91 Å². The highest BCUT2D eigenvalue weighted by Crippen LogP contribution is 2.16. The van der Waals surface area contributed by atoms with Gasteiger partial charge in [-0.05, 0) is 24.3 Å². The van der Waals surface area contributed by atoms with Gasteiger partial charge >= 0.3 is 0 Å². The highest BCUT2D eigenvalue weighted by molar-refractivity contribution is 5.97. The maximum absolute atomic E-state index is 11.7. The van der Waals surface area contributed by atoms with Crippen molar-refractivity contribution >= 4 is 5.91 Å². The Hall–Kier alpha value is -2.72. The van der Waals surface area contributed by atoms with Gasteiger partial charge < -0.3 is 24.8 Å². The Labute approximate surface area is 135 Å². The molecule has 0 radical (unpaired) electrons. The Morgan fingerprint density at radius 2 is 1.87 bits per heavy atom. The van der Waals surface area contributed by atoms with Gasteiger partial charge in [0.05, 0.1) is 13.7 Å². The molecule has 7 heteroatoms. The van der Waals surface area contributed by atoms with Crippen LogP contribution in [0.5, 0.6) is 11.5 Å². The topological polar surface area (TPSA) is 92.6 Å². The Bertz CT molecular complexity index is 549. The van der Waals surface area contributed by atoms with E-state index in [9.17, 15) is 4.79 Å². The number of ether oxygens (including phenoxy) is 3. The van der Waals surface area contributed by atoms with E-state index in [2.05, 4.69) is 10.6 Å². The van der Waals surface area contributed by atoms with E-state index in [-0.39, 0.29) is 5.57 Å². The number of benzene rings is 1. The first-order chi connectivity index (χ1) is 11.2. The van der Waals surface area contributed by atoms with Crippen molar-refractivity contribution in [2.45, 2.75) is 0 Å². The third-order valence-corrected chi connectivity index (χ3v) is 2.78. The fraction of sp³-hybridized carbons (Fsp3) is 0.375. The first-order valence-electron chi connectivity index (χ1n) is 7.09. The van der Waals surface area contributed by atoms with Crippen LogP contribution in [0.1, 0.15) is 0 Å². The summed E-state index contributed by atoms with van der Waals surface area (Å²) in [5.41, 5.74) is 0.00514. The molecule has 0 spiro atoms. The highest BCUT2D eigenvalue weighted by Gasteiger charge is 2.07. The van der Waals surface area contributed by atoms with Crippen molar-refractivity contribution in [3.8, 4) is 17.6 Å². The molecule has 7 nitrogen and oxygen atoms in total. The van der Waals surface area contributed by atoms with E-state index in [4.69, 9.17) is 19.5 Å². The monoisotopic (exact) mass is 319 g/mol. The van der Waals surface area contributed by atoms with Crippen LogP contribution < -0.4 is 20.1 Å². The summed E-state index contributed by atoms with van der Waals surface area (Å²) in [5.74, 6) is 1.04. The van der Waals surface area contributed by atoms with Crippen LogP contribution in [0.3, 0.4) is 0 Å². The third-order valence-electron chi connectivity index (χ3n) is 2.78. The minimum absolute atomic E-state index is 0.00514. The molecule has 23 heavy (non-hydrogen) atoms. The molecule has 124 valence electrons. The van der Waals surface area contributed by atoms with Crippen molar-refractivity contribution < 1.29 is 19.0 Å². The summed E-state index contributed by atoms with van der Waals surface area (Å²) < 4.78 is 15.4. The lowest BCUT2D eigenvalue weighted by Crippen LogP contribution is -2.29. The summed E-state index contributed by atoms with van der Waals surface area (Å²) in [6.45, 7) is 1.61. The molecule has 1 amide bonds. The second-order valence-corrected chi connectivity index (χ2v) is 4.40. The molecule has 0 bridgehead atoms. The number of amides is 1. The Morgan fingerprint density at radius 3 is 2.48 bits per heavy atom. The van der Waals surface area contributed by atoms with E-state index in [0.29, 0.717) is 26.3 Å². The van der Waals surface area contributed by atoms with E-state index in [1.807, 2.05) is 6.07 Å². The molecular weight excluding hydrogens is 298 g/mol. The molecule has 0 aromatic heterocycles. The van der Waals surface area contributed by atoms with Crippen molar-refractivity contribution in [3.63, 3.8) is 0 Å². The van der Waals surface area contributed by atoms with Gasteiger partial charge in [-0.25, -0.2) is 0 Å². The van der Waals surface area contributed by atoms with Crippen LogP contribution in [-0.4, -0.2) is 46.4 Å². The summed E-state index contributed by atoms with van der Waals surface area (Å²) in [4.78, 5) is 11.7. The maximum Gasteiger partial charge on any atom is 0.263 e. The van der Waals surface area contributed by atoms with Crippen LogP contribution in [0, 0.1) is 11.3 Å². The summed E-state index contributed by atoms with van der Waals surface area (Å²) >= 11 is 0. The number of nitrogens with zero attached hydrogens (tertiary/aromatic N) is 1. The number of hydrogen-bond acceptors (Lipinski definition) is 6. The van der Waals surface area contributed by atoms with Gasteiger partial charge in [0, 0.05) is 26.4 Å². The fourth-order valence-corrected chi connectivity index (χ4v) is 1.58. The SMILES string of the molecule is COCCNC(=O)/C(C#N)=C\NCCOc1ccc(OC)cc1. The molecule has 1 aromatic rings. The Kier molecular flexibility index (Phi) is 8.71.